The van der Waals surface area contributed by atoms with Crippen LogP contribution in [0.2, 0.25) is 0 Å². The highest BCUT2D eigenvalue weighted by Crippen LogP contribution is 2.12. The van der Waals surface area contributed by atoms with Crippen molar-refractivity contribution in [2.45, 2.75) is 0 Å². The van der Waals surface area contributed by atoms with Gasteiger partial charge in [0.05, 0.1) is 6.26 Å². The molecule has 0 unspecified atom stereocenters. The lowest BCUT2D eigenvalue weighted by molar-refractivity contribution is 0.101. The number of nitrogens with two attached hydrogens (primary N) is 1. The maximum Gasteiger partial charge on any atom is 0.228 e. The maximum atomic E-state index is 11.7. The van der Waals surface area contributed by atoms with E-state index >= 15 is 0 Å². The van der Waals surface area contributed by atoms with E-state index in [1.165, 1.54) is 6.26 Å². The summed E-state index contributed by atoms with van der Waals surface area (Å²) in [5, 5.41) is 0. The van der Waals surface area contributed by atoms with Crippen molar-refractivity contribution >= 4 is 11.5 Å². The minimum Gasteiger partial charge on any atom is -0.461 e. The molecule has 2 rings (SSSR count). The zero-order chi connectivity index (χ0) is 9.97. The second-order valence-electron chi connectivity index (χ2n) is 2.93. The molecule has 0 aliphatic rings. The Morgan fingerprint density at radius 1 is 1.21 bits per heavy atom. The van der Waals surface area contributed by atoms with Crippen molar-refractivity contribution in [1.29, 1.82) is 0 Å². The van der Waals surface area contributed by atoms with Crippen LogP contribution in [0.4, 0.5) is 5.69 Å². The Kier molecular flexibility index (Phi) is 2.07. The normalized spacial score (nSPS) is 10.0. The van der Waals surface area contributed by atoms with Gasteiger partial charge in [0.1, 0.15) is 0 Å². The Hall–Kier alpha value is -2.03. The molecule has 0 saturated carbocycles. The van der Waals surface area contributed by atoms with Gasteiger partial charge >= 0.3 is 0 Å². The van der Waals surface area contributed by atoms with Crippen molar-refractivity contribution in [3.63, 3.8) is 0 Å². The van der Waals surface area contributed by atoms with E-state index in [1.54, 1.807) is 36.4 Å². The van der Waals surface area contributed by atoms with Crippen LogP contribution in [0.3, 0.4) is 0 Å². The zero-order valence-corrected chi connectivity index (χ0v) is 7.44. The van der Waals surface area contributed by atoms with Crippen LogP contribution in [0, 0.1) is 0 Å². The minimum absolute atomic E-state index is 0.151. The van der Waals surface area contributed by atoms with Gasteiger partial charge < -0.3 is 10.2 Å². The van der Waals surface area contributed by atoms with E-state index in [2.05, 4.69) is 0 Å². The number of anilines is 1. The lowest BCUT2D eigenvalue weighted by atomic mass is 10.1. The van der Waals surface area contributed by atoms with Crippen LogP contribution in [0.5, 0.6) is 0 Å². The molecular weight excluding hydrogens is 178 g/mol. The van der Waals surface area contributed by atoms with Crippen molar-refractivity contribution in [3.8, 4) is 0 Å². The van der Waals surface area contributed by atoms with Crippen LogP contribution >= 0.6 is 0 Å². The van der Waals surface area contributed by atoms with E-state index in [0.29, 0.717) is 17.0 Å². The summed E-state index contributed by atoms with van der Waals surface area (Å²) in [5.41, 5.74) is 6.68. The monoisotopic (exact) mass is 187 g/mol. The molecule has 3 nitrogen and oxygen atoms in total. The van der Waals surface area contributed by atoms with Gasteiger partial charge in [-0.15, -0.1) is 0 Å². The molecular formula is C11H9NO2. The molecule has 3 heteroatoms. The summed E-state index contributed by atoms with van der Waals surface area (Å²) in [6.07, 6.45) is 1.47. The third-order valence-electron chi connectivity index (χ3n) is 1.89. The van der Waals surface area contributed by atoms with E-state index in [9.17, 15) is 4.79 Å². The number of ketones is 1. The van der Waals surface area contributed by atoms with Crippen molar-refractivity contribution in [2.75, 3.05) is 5.73 Å². The predicted molar refractivity (Wildman–Crippen MR) is 53.0 cm³/mol. The Bertz CT molecular complexity index is 446. The molecule has 1 aromatic heterocycles. The molecule has 0 saturated heterocycles. The van der Waals surface area contributed by atoms with Crippen LogP contribution in [0.25, 0.3) is 0 Å². The summed E-state index contributed by atoms with van der Waals surface area (Å²) in [5.74, 6) is 0.179. The quantitative estimate of drug-likeness (QED) is 0.578. The molecule has 0 aliphatic carbocycles. The van der Waals surface area contributed by atoms with Crippen molar-refractivity contribution < 1.29 is 9.21 Å². The smallest absolute Gasteiger partial charge is 0.228 e. The highest BCUT2D eigenvalue weighted by molar-refractivity contribution is 6.07. The minimum atomic E-state index is -0.151. The first-order chi connectivity index (χ1) is 6.77. The van der Waals surface area contributed by atoms with E-state index in [4.69, 9.17) is 10.2 Å². The maximum absolute atomic E-state index is 11.7. The fraction of sp³-hybridized carbons (Fsp3) is 0. The van der Waals surface area contributed by atoms with Gasteiger partial charge in [-0.1, -0.05) is 12.1 Å². The summed E-state index contributed by atoms with van der Waals surface area (Å²) in [6.45, 7) is 0. The Morgan fingerprint density at radius 3 is 2.71 bits per heavy atom. The van der Waals surface area contributed by atoms with Gasteiger partial charge in [-0.05, 0) is 24.3 Å². The lowest BCUT2D eigenvalue weighted by Crippen LogP contribution is -2.00. The summed E-state index contributed by atoms with van der Waals surface area (Å²) >= 11 is 0. The number of benzene rings is 1. The predicted octanol–water partition coefficient (Wildman–Crippen LogP) is 2.09. The zero-order valence-electron chi connectivity index (χ0n) is 7.44. The fourth-order valence-corrected chi connectivity index (χ4v) is 1.23. The molecule has 70 valence electrons. The lowest BCUT2D eigenvalue weighted by Gasteiger charge is -1.98. The van der Waals surface area contributed by atoms with Crippen LogP contribution in [-0.4, -0.2) is 5.78 Å². The summed E-state index contributed by atoms with van der Waals surface area (Å²) in [6, 6.07) is 10.1. The molecule has 2 aromatic rings. The number of furan rings is 1. The van der Waals surface area contributed by atoms with Crippen molar-refractivity contribution in [1.82, 2.24) is 0 Å². The van der Waals surface area contributed by atoms with Crippen molar-refractivity contribution in [2.24, 2.45) is 0 Å². The van der Waals surface area contributed by atoms with Crippen molar-refractivity contribution in [3.05, 3.63) is 54.0 Å². The molecule has 0 bridgehead atoms. The molecule has 0 fully saturated rings. The summed E-state index contributed by atoms with van der Waals surface area (Å²) in [4.78, 5) is 11.7. The number of hydrogen-bond donors (Lipinski definition) is 1. The molecule has 0 radical (unpaired) electrons. The molecule has 2 N–H and O–H groups in total. The van der Waals surface area contributed by atoms with E-state index < -0.39 is 0 Å². The molecule has 0 amide bonds. The average molecular weight is 187 g/mol. The average Bonchev–Trinajstić information content (AvgIpc) is 2.69. The van der Waals surface area contributed by atoms with Crippen LogP contribution < -0.4 is 5.73 Å². The van der Waals surface area contributed by atoms with Gasteiger partial charge in [-0.25, -0.2) is 0 Å². The number of carbonyl (C=O) groups is 1. The molecule has 1 aromatic carbocycles. The highest BCUT2D eigenvalue weighted by atomic mass is 16.3. The first-order valence-corrected chi connectivity index (χ1v) is 4.21. The molecule has 0 aliphatic heterocycles. The second-order valence-corrected chi connectivity index (χ2v) is 2.93. The molecule has 0 atom stereocenters. The van der Waals surface area contributed by atoms with Gasteiger partial charge in [-0.3, -0.25) is 4.79 Å². The second kappa shape index (κ2) is 3.38. The summed E-state index contributed by atoms with van der Waals surface area (Å²) in [7, 11) is 0. The Balaban J connectivity index is 2.37. The van der Waals surface area contributed by atoms with Gasteiger partial charge in [0.15, 0.2) is 5.76 Å². The van der Waals surface area contributed by atoms with Crippen LogP contribution in [-0.2, 0) is 0 Å². The fourth-order valence-electron chi connectivity index (χ4n) is 1.23. The number of hydrogen-bond acceptors (Lipinski definition) is 3. The van der Waals surface area contributed by atoms with Crippen LogP contribution in [0.1, 0.15) is 16.1 Å². The standard InChI is InChI=1S/C11H9NO2/c12-9-4-1-3-8(7-9)11(13)10-5-2-6-14-10/h1-7H,12H2. The highest BCUT2D eigenvalue weighted by Gasteiger charge is 2.10. The van der Waals surface area contributed by atoms with Gasteiger partial charge in [0.2, 0.25) is 5.78 Å². The SMILES string of the molecule is Nc1cccc(C(=O)c2ccco2)c1. The van der Waals surface area contributed by atoms with E-state index in [0.717, 1.165) is 0 Å². The molecule has 0 spiro atoms. The van der Waals surface area contributed by atoms with Gasteiger partial charge in [0.25, 0.3) is 0 Å². The third-order valence-corrected chi connectivity index (χ3v) is 1.89. The van der Waals surface area contributed by atoms with Gasteiger partial charge in [0, 0.05) is 11.3 Å². The Labute approximate surface area is 81.1 Å². The van der Waals surface area contributed by atoms with E-state index in [-0.39, 0.29) is 5.78 Å². The van der Waals surface area contributed by atoms with E-state index in [1.807, 2.05) is 0 Å². The molecule has 14 heavy (non-hydrogen) atoms. The summed E-state index contributed by atoms with van der Waals surface area (Å²) < 4.78 is 5.00. The van der Waals surface area contributed by atoms with Crippen LogP contribution in [0.15, 0.2) is 47.1 Å². The number of rotatable bonds is 2. The molecule has 1 heterocycles. The first-order valence-electron chi connectivity index (χ1n) is 4.21. The number of nitrogen functional groups attached to an aromatic ring is 1. The number of carbonyl (C=O) groups excluding carboxylic acids is 1. The topological polar surface area (TPSA) is 56.2 Å². The van der Waals surface area contributed by atoms with Gasteiger partial charge in [-0.2, -0.15) is 0 Å². The Morgan fingerprint density at radius 2 is 2.07 bits per heavy atom. The third kappa shape index (κ3) is 1.52. The largest absolute Gasteiger partial charge is 0.461 e. The first kappa shape index (κ1) is 8.56.